The van der Waals surface area contributed by atoms with Crippen molar-refractivity contribution in [1.82, 2.24) is 0 Å². The largest absolute Gasteiger partial charge is 0.465 e. The smallest absolute Gasteiger partial charge is 0.305 e. The van der Waals surface area contributed by atoms with Crippen LogP contribution in [0.2, 0.25) is 0 Å². The molecule has 0 aliphatic heterocycles. The summed E-state index contributed by atoms with van der Waals surface area (Å²) in [4.78, 5) is 24.3. The van der Waals surface area contributed by atoms with Crippen LogP contribution in [-0.2, 0) is 19.1 Å². The highest BCUT2D eigenvalue weighted by Gasteiger charge is 2.28. The average Bonchev–Trinajstić information content (AvgIpc) is 3.08. The van der Waals surface area contributed by atoms with Crippen LogP contribution in [0.15, 0.2) is 24.3 Å². The van der Waals surface area contributed by atoms with E-state index in [1.54, 1.807) is 7.05 Å². The minimum absolute atomic E-state index is 0.128. The van der Waals surface area contributed by atoms with E-state index in [0.717, 1.165) is 44.9 Å². The molecule has 0 aliphatic carbocycles. The third kappa shape index (κ3) is 34.6. The number of ether oxygens (including phenoxy) is 2. The lowest BCUT2D eigenvalue weighted by atomic mass is 10.1. The van der Waals surface area contributed by atoms with Crippen molar-refractivity contribution in [3.05, 3.63) is 24.3 Å². The molecule has 0 aromatic carbocycles. The van der Waals surface area contributed by atoms with Crippen molar-refractivity contribution >= 4 is 11.9 Å². The Balaban J connectivity index is 3.65. The molecule has 0 amide bonds. The molecule has 2 unspecified atom stereocenters. The van der Waals surface area contributed by atoms with Gasteiger partial charge < -0.3 is 9.47 Å². The molecule has 0 bridgehead atoms. The molecule has 0 radical (unpaired) electrons. The van der Waals surface area contributed by atoms with Gasteiger partial charge in [0.1, 0.15) is 19.2 Å². The van der Waals surface area contributed by atoms with Crippen molar-refractivity contribution in [3.63, 3.8) is 0 Å². The number of hydrogen-bond donors (Lipinski definition) is 1. The Morgan fingerprint density at radius 1 is 0.531 bits per heavy atom. The lowest BCUT2D eigenvalue weighted by Gasteiger charge is -2.31. The summed E-state index contributed by atoms with van der Waals surface area (Å²) in [6, 6.07) is -0.128. The molecular weight excluding hydrogens is 610 g/mol. The monoisotopic (exact) mass is 693 g/mol. The fourth-order valence-corrected chi connectivity index (χ4v) is 6.01. The Kier molecular flexibility index (Phi) is 34.9. The zero-order chi connectivity index (χ0) is 36.1. The first-order valence-corrected chi connectivity index (χ1v) is 21.0. The summed E-state index contributed by atoms with van der Waals surface area (Å²) < 4.78 is 10.6. The van der Waals surface area contributed by atoms with Gasteiger partial charge in [0.2, 0.25) is 0 Å². The average molecular weight is 693 g/mol. The quantitative estimate of drug-likeness (QED) is 0.0231. The number of carbonyl (C=O) groups excluding carboxylic acids is 2. The van der Waals surface area contributed by atoms with Crippen LogP contribution in [0.5, 0.6) is 0 Å². The minimum atomic E-state index is -0.257. The van der Waals surface area contributed by atoms with E-state index in [-0.39, 0.29) is 29.2 Å². The zero-order valence-corrected chi connectivity index (χ0v) is 33.0. The third-order valence-electron chi connectivity index (χ3n) is 9.84. The molecule has 0 aliphatic rings. The number of esters is 2. The summed E-state index contributed by atoms with van der Waals surface area (Å²) in [6.07, 6.45) is 42.9. The highest BCUT2D eigenvalue weighted by Crippen LogP contribution is 2.14. The Morgan fingerprint density at radius 3 is 1.24 bits per heavy atom. The molecule has 0 aromatic rings. The number of likely N-dealkylation sites (N-methyl/N-ethyl adjacent to an activating group) is 1. The molecule has 2 atom stereocenters. The molecule has 0 aromatic heterocycles. The second kappa shape index (κ2) is 36.1. The summed E-state index contributed by atoms with van der Waals surface area (Å²) in [5, 5.41) is 10.8. The number of nitrogens with zero attached hydrogens (tertiary/aromatic N) is 1. The lowest BCUT2D eigenvalue weighted by Crippen LogP contribution is -2.50. The van der Waals surface area contributed by atoms with E-state index in [4.69, 9.17) is 9.47 Å². The van der Waals surface area contributed by atoms with E-state index < -0.39 is 0 Å². The first-order chi connectivity index (χ1) is 23.8. The lowest BCUT2D eigenvalue weighted by molar-refractivity contribution is -1.10. The molecule has 0 saturated carbocycles. The van der Waals surface area contributed by atoms with E-state index in [9.17, 15) is 14.8 Å². The van der Waals surface area contributed by atoms with Crippen LogP contribution in [-0.4, -0.2) is 54.6 Å². The maximum absolute atomic E-state index is 12.1. The van der Waals surface area contributed by atoms with E-state index >= 15 is 0 Å². The fraction of sp³-hybridized carbons (Fsp3) is 0.860. The Morgan fingerprint density at radius 2 is 0.857 bits per heavy atom. The molecule has 1 N–H and O–H groups in total. The van der Waals surface area contributed by atoms with Crippen molar-refractivity contribution in [2.75, 3.05) is 26.8 Å². The van der Waals surface area contributed by atoms with Crippen LogP contribution in [0.4, 0.5) is 0 Å². The Labute approximate surface area is 304 Å². The summed E-state index contributed by atoms with van der Waals surface area (Å²) >= 11 is 0. The van der Waals surface area contributed by atoms with Crippen LogP contribution in [0, 0.1) is 0 Å². The topological polar surface area (TPSA) is 72.8 Å². The molecular formula is C43H82NO5+. The van der Waals surface area contributed by atoms with Crippen molar-refractivity contribution < 1.29 is 28.9 Å². The van der Waals surface area contributed by atoms with Gasteiger partial charge >= 0.3 is 11.9 Å². The molecule has 49 heavy (non-hydrogen) atoms. The van der Waals surface area contributed by atoms with Gasteiger partial charge in [-0.15, -0.1) is 0 Å². The van der Waals surface area contributed by atoms with E-state index in [1.807, 2.05) is 6.92 Å². The van der Waals surface area contributed by atoms with Gasteiger partial charge in [0.15, 0.2) is 0 Å². The van der Waals surface area contributed by atoms with Gasteiger partial charge in [-0.3, -0.25) is 9.59 Å². The van der Waals surface area contributed by atoms with Gasteiger partial charge in [0.05, 0.1) is 13.7 Å². The SMILES string of the molecule is CCCCCCCC/C=C\CCCCCCCC(=O)OCCC(C)[N+](C)(O)CCOC(=O)CCCCCCC/C=C\CCCCCCCC. The number of rotatable bonds is 37. The summed E-state index contributed by atoms with van der Waals surface area (Å²) in [7, 11) is 1.72. The predicted octanol–water partition coefficient (Wildman–Crippen LogP) is 12.8. The number of quaternary nitrogens is 1. The molecule has 0 spiro atoms. The molecule has 6 heteroatoms. The van der Waals surface area contributed by atoms with Crippen molar-refractivity contribution in [2.24, 2.45) is 0 Å². The molecule has 288 valence electrons. The molecule has 0 fully saturated rings. The number of allylic oxidation sites excluding steroid dienone is 4. The first kappa shape index (κ1) is 47.3. The molecule has 0 heterocycles. The number of hydrogen-bond acceptors (Lipinski definition) is 5. The number of hydroxylamine groups is 3. The van der Waals surface area contributed by atoms with Crippen molar-refractivity contribution in [3.8, 4) is 0 Å². The maximum Gasteiger partial charge on any atom is 0.305 e. The predicted molar refractivity (Wildman–Crippen MR) is 208 cm³/mol. The highest BCUT2D eigenvalue weighted by molar-refractivity contribution is 5.69. The van der Waals surface area contributed by atoms with Gasteiger partial charge in [0.25, 0.3) is 0 Å². The van der Waals surface area contributed by atoms with Crippen LogP contribution in [0.25, 0.3) is 0 Å². The molecule has 0 saturated heterocycles. The summed E-state index contributed by atoms with van der Waals surface area (Å²) in [5.41, 5.74) is 0. The first-order valence-electron chi connectivity index (χ1n) is 21.0. The van der Waals surface area contributed by atoms with Crippen molar-refractivity contribution in [2.45, 2.75) is 213 Å². The van der Waals surface area contributed by atoms with E-state index in [1.165, 1.54) is 122 Å². The fourth-order valence-electron chi connectivity index (χ4n) is 6.01. The van der Waals surface area contributed by atoms with Crippen LogP contribution in [0.1, 0.15) is 207 Å². The zero-order valence-electron chi connectivity index (χ0n) is 33.0. The van der Waals surface area contributed by atoms with Gasteiger partial charge in [-0.2, -0.15) is 4.65 Å². The van der Waals surface area contributed by atoms with Crippen LogP contribution in [0.3, 0.4) is 0 Å². The number of carbonyl (C=O) groups is 2. The van der Waals surface area contributed by atoms with Crippen molar-refractivity contribution in [1.29, 1.82) is 0 Å². The van der Waals surface area contributed by atoms with Crippen LogP contribution < -0.4 is 0 Å². The normalized spacial score (nSPS) is 13.7. The minimum Gasteiger partial charge on any atom is -0.465 e. The number of unbranched alkanes of at least 4 members (excludes halogenated alkanes) is 22. The molecule has 0 rings (SSSR count). The van der Waals surface area contributed by atoms with Gasteiger partial charge in [-0.25, -0.2) is 5.21 Å². The Bertz CT molecular complexity index is 793. The Hall–Kier alpha value is -1.66. The van der Waals surface area contributed by atoms with Gasteiger partial charge in [0, 0.05) is 19.3 Å². The van der Waals surface area contributed by atoms with Crippen LogP contribution >= 0.6 is 0 Å². The standard InChI is InChI=1S/C43H82NO5/c1-5-7-9-11-13-15-17-19-21-23-25-27-29-31-33-35-42(45)48-39-37-41(3)44(4,47)38-40-49-43(46)36-34-32-30-28-26-24-22-20-18-16-14-12-10-8-6-2/h19-22,41,47H,5-18,23-40H2,1-4H3/q+1/b21-19-,22-20-. The second-order valence-electron chi connectivity index (χ2n) is 14.7. The third-order valence-corrected chi connectivity index (χ3v) is 9.84. The van der Waals surface area contributed by atoms with E-state index in [0.29, 0.717) is 32.4 Å². The molecule has 6 nitrogen and oxygen atoms in total. The summed E-state index contributed by atoms with van der Waals surface area (Å²) in [5.74, 6) is -0.337. The van der Waals surface area contributed by atoms with Gasteiger partial charge in [-0.1, -0.05) is 141 Å². The summed E-state index contributed by atoms with van der Waals surface area (Å²) in [6.45, 7) is 7.27. The highest BCUT2D eigenvalue weighted by atomic mass is 16.6. The van der Waals surface area contributed by atoms with E-state index in [2.05, 4.69) is 38.2 Å². The second-order valence-corrected chi connectivity index (χ2v) is 14.7. The maximum atomic E-state index is 12.1. The van der Waals surface area contributed by atoms with Gasteiger partial charge in [-0.05, 0) is 71.1 Å².